The SMILES string of the molecule is CNCc1ccc2cc3ccc(CNC)cc3[n+](CCC[N+](C)(C)CCCCC(=O)CCCCC[n+]3c4cc(N(C)C)ccc4cc4ccc(N(C)C)cc43)c2c1. The number of nitrogens with one attached hydrogen (secondary N) is 2. The van der Waals surface area contributed by atoms with Crippen LogP contribution in [0.4, 0.5) is 11.4 Å². The van der Waals surface area contributed by atoms with Crippen molar-refractivity contribution in [2.24, 2.45) is 0 Å². The molecule has 0 aliphatic heterocycles. The second-order valence-electron chi connectivity index (χ2n) is 17.3. The highest BCUT2D eigenvalue weighted by molar-refractivity contribution is 5.92. The second kappa shape index (κ2) is 19.2. The fourth-order valence-corrected chi connectivity index (χ4v) is 8.45. The number of hydrogen-bond acceptors (Lipinski definition) is 5. The summed E-state index contributed by atoms with van der Waals surface area (Å²) >= 11 is 0. The summed E-state index contributed by atoms with van der Waals surface area (Å²) in [6, 6.07) is 31.9. The van der Waals surface area contributed by atoms with E-state index in [9.17, 15) is 4.79 Å². The Morgan fingerprint density at radius 1 is 0.526 bits per heavy atom. The van der Waals surface area contributed by atoms with Crippen LogP contribution in [0.1, 0.15) is 62.5 Å². The van der Waals surface area contributed by atoms with Crippen LogP contribution in [0.15, 0.2) is 84.9 Å². The van der Waals surface area contributed by atoms with Gasteiger partial charge in [-0.15, -0.1) is 0 Å². The number of nitrogens with zero attached hydrogens (tertiary/aromatic N) is 5. The molecule has 0 saturated carbocycles. The summed E-state index contributed by atoms with van der Waals surface area (Å²) in [5.41, 5.74) is 10.2. The highest BCUT2D eigenvalue weighted by Gasteiger charge is 2.21. The maximum Gasteiger partial charge on any atom is 0.215 e. The van der Waals surface area contributed by atoms with Crippen LogP contribution >= 0.6 is 0 Å². The number of quaternary nitrogens is 1. The van der Waals surface area contributed by atoms with Crippen LogP contribution in [0.3, 0.4) is 0 Å². The first-order chi connectivity index (χ1) is 27.5. The molecule has 2 N–H and O–H groups in total. The molecular formula is C49H68N7O+3. The molecule has 0 aliphatic carbocycles. The van der Waals surface area contributed by atoms with Gasteiger partial charge in [0.25, 0.3) is 0 Å². The van der Waals surface area contributed by atoms with E-state index in [-0.39, 0.29) is 0 Å². The predicted octanol–water partition coefficient (Wildman–Crippen LogP) is 7.91. The third kappa shape index (κ3) is 10.7. The van der Waals surface area contributed by atoms with Crippen LogP contribution in [0.5, 0.6) is 0 Å². The van der Waals surface area contributed by atoms with Crippen LogP contribution < -0.4 is 29.6 Å². The Labute approximate surface area is 341 Å². The normalized spacial score (nSPS) is 12.0. The monoisotopic (exact) mass is 771 g/mol. The topological polar surface area (TPSA) is 55.4 Å². The van der Waals surface area contributed by atoms with Crippen molar-refractivity contribution in [2.75, 3.05) is 79.3 Å². The van der Waals surface area contributed by atoms with Crippen molar-refractivity contribution in [3.63, 3.8) is 0 Å². The maximum atomic E-state index is 13.0. The number of aryl methyl sites for hydroxylation is 2. The number of Topliss-reactive ketones (excluding diaryl/α,β-unsaturated/α-hetero) is 1. The van der Waals surface area contributed by atoms with Crippen molar-refractivity contribution in [2.45, 2.75) is 77.5 Å². The fourth-order valence-electron chi connectivity index (χ4n) is 8.45. The van der Waals surface area contributed by atoms with E-state index in [1.165, 1.54) is 66.1 Å². The number of aromatic nitrogens is 2. The Bertz CT molecular complexity index is 2180. The molecule has 0 amide bonds. The lowest BCUT2D eigenvalue weighted by Gasteiger charge is -2.29. The zero-order valence-electron chi connectivity index (χ0n) is 36.1. The largest absolute Gasteiger partial charge is 0.377 e. The molecular weight excluding hydrogens is 703 g/mol. The average Bonchev–Trinajstić information content (AvgIpc) is 3.18. The number of rotatable bonds is 21. The summed E-state index contributed by atoms with van der Waals surface area (Å²) in [6.45, 7) is 5.82. The summed E-state index contributed by atoms with van der Waals surface area (Å²) in [6.07, 6.45) is 7.61. The predicted molar refractivity (Wildman–Crippen MR) is 241 cm³/mol. The average molecular weight is 771 g/mol. The van der Waals surface area contributed by atoms with Crippen LogP contribution in [-0.2, 0) is 31.0 Å². The van der Waals surface area contributed by atoms with Gasteiger partial charge in [-0.1, -0.05) is 12.1 Å². The van der Waals surface area contributed by atoms with E-state index in [1.807, 2.05) is 14.1 Å². The molecule has 6 rings (SSSR count). The van der Waals surface area contributed by atoms with Gasteiger partial charge in [0.1, 0.15) is 12.3 Å². The standard InChI is InChI=1S/C49H68N7O/c1-50-35-37-17-19-39-31-40-20-18-38(36-51-2)30-47(40)55(46(39)29-37)26-14-28-56(7,8)27-13-11-16-45(57)15-10-9-12-25-54-48-33-43(52(3)4)23-21-41(48)32-42-22-24-44(53(5)6)34-49(42)54/h17-24,29-34,50-51H,9-16,25-28,35-36H2,1-8H3/q+3. The van der Waals surface area contributed by atoms with Gasteiger partial charge in [-0.3, -0.25) is 4.79 Å². The molecule has 0 fully saturated rings. The molecule has 0 radical (unpaired) electrons. The van der Waals surface area contributed by atoms with Crippen LogP contribution in [0.25, 0.3) is 43.6 Å². The molecule has 0 atom stereocenters. The Morgan fingerprint density at radius 3 is 1.42 bits per heavy atom. The third-order valence-electron chi connectivity index (χ3n) is 11.7. The number of anilines is 2. The van der Waals surface area contributed by atoms with Gasteiger partial charge < -0.3 is 24.9 Å². The Kier molecular flexibility index (Phi) is 14.2. The van der Waals surface area contributed by atoms with Crippen LogP contribution in [0.2, 0.25) is 0 Å². The molecule has 0 bridgehead atoms. The van der Waals surface area contributed by atoms with Crippen LogP contribution in [0, 0.1) is 0 Å². The van der Waals surface area contributed by atoms with E-state index < -0.39 is 0 Å². The van der Waals surface area contributed by atoms with Gasteiger partial charge in [-0.05, 0) is 99.4 Å². The van der Waals surface area contributed by atoms with Crippen molar-refractivity contribution in [1.29, 1.82) is 0 Å². The van der Waals surface area contributed by atoms with Crippen molar-refractivity contribution >= 4 is 60.8 Å². The number of benzene rings is 4. The maximum absolute atomic E-state index is 13.0. The summed E-state index contributed by atoms with van der Waals surface area (Å²) in [4.78, 5) is 17.3. The van der Waals surface area contributed by atoms with E-state index >= 15 is 0 Å². The van der Waals surface area contributed by atoms with Gasteiger partial charge in [0, 0.05) is 118 Å². The first-order valence-corrected chi connectivity index (χ1v) is 21.2. The number of fused-ring (bicyclic) bond motifs is 4. The van der Waals surface area contributed by atoms with Gasteiger partial charge in [-0.25, -0.2) is 0 Å². The first-order valence-electron chi connectivity index (χ1n) is 21.2. The minimum Gasteiger partial charge on any atom is -0.377 e. The summed E-state index contributed by atoms with van der Waals surface area (Å²) in [7, 11) is 17.1. The van der Waals surface area contributed by atoms with Gasteiger partial charge in [0.2, 0.25) is 22.1 Å². The molecule has 2 aromatic heterocycles. The van der Waals surface area contributed by atoms with Crippen molar-refractivity contribution < 1.29 is 18.4 Å². The lowest BCUT2D eigenvalue weighted by atomic mass is 10.0. The Hall–Kier alpha value is -4.63. The van der Waals surface area contributed by atoms with E-state index in [0.29, 0.717) is 18.6 Å². The fraction of sp³-hybridized carbons (Fsp3) is 0.449. The molecule has 57 heavy (non-hydrogen) atoms. The zero-order chi connectivity index (χ0) is 40.5. The summed E-state index contributed by atoms with van der Waals surface area (Å²) in [5, 5.41) is 11.7. The molecule has 6 aromatic rings. The smallest absolute Gasteiger partial charge is 0.215 e. The lowest BCUT2D eigenvalue weighted by Crippen LogP contribution is -2.44. The third-order valence-corrected chi connectivity index (χ3v) is 11.7. The van der Waals surface area contributed by atoms with E-state index in [1.54, 1.807) is 0 Å². The van der Waals surface area contributed by atoms with Gasteiger partial charge in [0.05, 0.1) is 33.6 Å². The molecule has 8 heteroatoms. The number of carbonyl (C=O) groups excluding carboxylic acids is 1. The Morgan fingerprint density at radius 2 is 0.947 bits per heavy atom. The van der Waals surface area contributed by atoms with Crippen molar-refractivity contribution in [3.8, 4) is 0 Å². The van der Waals surface area contributed by atoms with Crippen molar-refractivity contribution in [3.05, 3.63) is 96.1 Å². The van der Waals surface area contributed by atoms with Gasteiger partial charge in [0.15, 0.2) is 6.54 Å². The highest BCUT2D eigenvalue weighted by atomic mass is 16.1. The van der Waals surface area contributed by atoms with E-state index in [0.717, 1.165) is 82.3 Å². The minimum absolute atomic E-state index is 0.421. The number of ketones is 1. The Balaban J connectivity index is 0.984. The molecule has 8 nitrogen and oxygen atoms in total. The summed E-state index contributed by atoms with van der Waals surface area (Å²) in [5.74, 6) is 0.421. The number of carbonyl (C=O) groups is 1. The first kappa shape index (κ1) is 42.0. The molecule has 0 unspecified atom stereocenters. The molecule has 0 saturated heterocycles. The van der Waals surface area contributed by atoms with Crippen LogP contribution in [-0.4, -0.2) is 79.7 Å². The highest BCUT2D eigenvalue weighted by Crippen LogP contribution is 2.26. The number of pyridine rings is 2. The molecule has 0 aliphatic rings. The molecule has 0 spiro atoms. The van der Waals surface area contributed by atoms with E-state index in [4.69, 9.17) is 0 Å². The molecule has 4 aromatic carbocycles. The molecule has 302 valence electrons. The number of unbranched alkanes of at least 4 members (excludes halogenated alkanes) is 3. The lowest BCUT2D eigenvalue weighted by molar-refractivity contribution is -0.892. The van der Waals surface area contributed by atoms with Crippen molar-refractivity contribution in [1.82, 2.24) is 10.6 Å². The zero-order valence-corrected chi connectivity index (χ0v) is 36.1. The molecule has 2 heterocycles. The summed E-state index contributed by atoms with van der Waals surface area (Å²) < 4.78 is 6.02. The second-order valence-corrected chi connectivity index (χ2v) is 17.3. The quantitative estimate of drug-likeness (QED) is 0.0338. The van der Waals surface area contributed by atoms with E-state index in [2.05, 4.69) is 157 Å². The minimum atomic E-state index is 0.421. The van der Waals surface area contributed by atoms with Gasteiger partial charge in [-0.2, -0.15) is 9.13 Å². The van der Waals surface area contributed by atoms with Gasteiger partial charge >= 0.3 is 0 Å². The number of hydrogen-bond donors (Lipinski definition) is 2.